The molecule has 0 rings (SSSR count). The zero-order valence-electron chi connectivity index (χ0n) is 82.7. The first-order chi connectivity index (χ1) is 50.2. The summed E-state index contributed by atoms with van der Waals surface area (Å²) in [5, 5.41) is 0. The monoisotopic (exact) mass is 1660 g/mol. The summed E-state index contributed by atoms with van der Waals surface area (Å²) in [6.45, 7) is 112. The zero-order valence-corrected chi connectivity index (χ0v) is 88.7. The van der Waals surface area contributed by atoms with Crippen LogP contribution in [0, 0.1) is 65.1 Å². The van der Waals surface area contributed by atoms with Gasteiger partial charge in [0.15, 0.2) is 41.6 Å². The Morgan fingerprint density at radius 1 is 0.300 bits per heavy atom. The number of rotatable bonds is 56. The topological polar surface area (TPSA) is 96.0 Å². The second-order valence-corrected chi connectivity index (χ2v) is 68.4. The van der Waals surface area contributed by atoms with Crippen molar-refractivity contribution < 1.29 is 36.1 Å². The van der Waals surface area contributed by atoms with E-state index in [1.165, 1.54) is 48.8 Å². The van der Waals surface area contributed by atoms with Gasteiger partial charge >= 0.3 is 0 Å². The quantitative estimate of drug-likeness (QED) is 0.0439. The molecule has 0 heterocycles. The molecule has 660 valence electrons. The van der Waals surface area contributed by atoms with Crippen LogP contribution >= 0.6 is 0 Å². The maximum absolute atomic E-state index is 14.2. The van der Waals surface area contributed by atoms with Crippen molar-refractivity contribution in [3.8, 4) is 0 Å². The lowest BCUT2D eigenvalue weighted by atomic mass is 9.86. The lowest BCUT2D eigenvalue weighted by Gasteiger charge is -2.46. The van der Waals surface area contributed by atoms with E-state index < -0.39 is 49.9 Å². The van der Waals surface area contributed by atoms with E-state index in [1.54, 1.807) is 0 Å². The highest BCUT2D eigenvalue weighted by Gasteiger charge is 2.49. The van der Waals surface area contributed by atoms with E-state index in [4.69, 9.17) is 26.6 Å². The molecule has 0 saturated heterocycles. The van der Waals surface area contributed by atoms with E-state index in [9.17, 15) is 9.59 Å². The van der Waals surface area contributed by atoms with Crippen molar-refractivity contribution in [3.63, 3.8) is 0 Å². The second kappa shape index (κ2) is 57.6. The Morgan fingerprint density at radius 3 is 0.764 bits per heavy atom. The van der Waals surface area contributed by atoms with Crippen LogP contribution in [0.25, 0.3) is 0 Å². The molecule has 8 unspecified atom stereocenters. The van der Waals surface area contributed by atoms with E-state index in [-0.39, 0.29) is 36.2 Å². The van der Waals surface area contributed by atoms with E-state index in [0.29, 0.717) is 92.8 Å². The van der Waals surface area contributed by atoms with Crippen LogP contribution in [0.3, 0.4) is 0 Å². The van der Waals surface area contributed by atoms with Gasteiger partial charge in [-0.05, 0) is 286 Å². The van der Waals surface area contributed by atoms with E-state index in [1.807, 2.05) is 4.90 Å². The molecule has 110 heavy (non-hydrogen) atoms. The Kier molecular flexibility index (Phi) is 60.7. The minimum atomic E-state index is -1.94. The minimum Gasteiger partial charge on any atom is -0.414 e. The summed E-state index contributed by atoms with van der Waals surface area (Å²) in [7, 11) is -11.1. The molecule has 0 N–H and O–H groups in total. The van der Waals surface area contributed by atoms with Crippen molar-refractivity contribution in [1.82, 2.24) is 9.80 Å². The minimum absolute atomic E-state index is 0.0564. The smallest absolute Gasteiger partial charge is 0.245 e. The Morgan fingerprint density at radius 2 is 0.573 bits per heavy atom. The Hall–Kier alpha value is -0.519. The highest BCUT2D eigenvalue weighted by molar-refractivity contribution is 6.80. The first kappa shape index (κ1) is 116. The van der Waals surface area contributed by atoms with Gasteiger partial charge in [-0.15, -0.1) is 6.58 Å². The summed E-state index contributed by atoms with van der Waals surface area (Å²) >= 11 is 0. The van der Waals surface area contributed by atoms with Crippen LogP contribution in [0.15, 0.2) is 24.9 Å². The molecule has 10 nitrogen and oxygen atoms in total. The number of carbonyl (C=O) groups excluding carboxylic acids is 2. The second-order valence-electron chi connectivity index (χ2n) is 42.1. The SMILES string of the molecule is C=CC(=O)N(CCC[Si](CC(C)C)(OC(C)C)C(C)C)CCC[Si](CC(C)C)(OC(C)C)C(C)C.C=C[Si](CC(C)C)(OC(C)C)C(C)C.CC(C)CC(C(=O)N(CCC[Si](CC(C)C)(OC(C)C)C(C)C)CCC[Si](CC(C)C)(OC(C)C)C(C)C)C(C)C.CC(C)CC(C(C)C)[Si](CC(C)C)(OC(C)C)C(C)C. The molecule has 0 aromatic rings. The fourth-order valence-electron chi connectivity index (χ4n) is 18.2. The van der Waals surface area contributed by atoms with E-state index >= 15 is 0 Å². The number of amides is 2. The van der Waals surface area contributed by atoms with E-state index in [0.717, 1.165) is 106 Å². The van der Waals surface area contributed by atoms with Crippen LogP contribution in [-0.4, -0.2) is 134 Å². The van der Waals surface area contributed by atoms with Crippen molar-refractivity contribution >= 4 is 61.7 Å². The highest BCUT2D eigenvalue weighted by Crippen LogP contribution is 2.48. The van der Waals surface area contributed by atoms with Gasteiger partial charge in [0.1, 0.15) is 0 Å². The number of hydrogen-bond donors (Lipinski definition) is 0. The maximum atomic E-state index is 14.2. The molecule has 0 aromatic carbocycles. The molecule has 0 bridgehead atoms. The summed E-state index contributed by atoms with van der Waals surface area (Å²) in [4.78, 5) is 31.3. The van der Waals surface area contributed by atoms with E-state index in [2.05, 4.69) is 328 Å². The Balaban J connectivity index is -0.000000731. The number of nitrogens with zero attached hydrogens (tertiary/aromatic N) is 2. The summed E-state index contributed by atoms with van der Waals surface area (Å²) in [5.41, 5.74) is 6.48. The lowest BCUT2D eigenvalue weighted by Crippen LogP contribution is -2.51. The maximum Gasteiger partial charge on any atom is 0.245 e. The van der Waals surface area contributed by atoms with Gasteiger partial charge in [-0.1, -0.05) is 234 Å². The van der Waals surface area contributed by atoms with Crippen LogP contribution in [0.5, 0.6) is 0 Å². The van der Waals surface area contributed by atoms with Crippen molar-refractivity contribution in [3.05, 3.63) is 24.9 Å². The predicted octanol–water partition coefficient (Wildman–Crippen LogP) is 30.1. The van der Waals surface area contributed by atoms with Gasteiger partial charge < -0.3 is 36.4 Å². The largest absolute Gasteiger partial charge is 0.414 e. The molecule has 8 atom stereocenters. The predicted molar refractivity (Wildman–Crippen MR) is 507 cm³/mol. The lowest BCUT2D eigenvalue weighted by molar-refractivity contribution is -0.137. The van der Waals surface area contributed by atoms with Crippen molar-refractivity contribution in [1.29, 1.82) is 0 Å². The molecule has 0 aliphatic carbocycles. The molecule has 0 saturated carbocycles. The van der Waals surface area contributed by atoms with Crippen LogP contribution in [-0.2, 0) is 36.1 Å². The third-order valence-electron chi connectivity index (χ3n) is 22.7. The standard InChI is InChI=1S/C35H75NO3Si2.C29H61NO3Si2.C18H40OSi.C12H26OSi/c1-26(2)23-34(29(7)8)35(37)36(19-17-21-40(32(13)14,24-27(3)4)38-30(9)10)20-18-22-41(33(15)16,25-28(5)6)39-31(11)12;1-14-29(31)30(17-15-19-34(27(10)11,21-23(2)3)32-25(6)7)18-16-20-35(28(12)13,22-24(4)5)33-26(8)9;1-13(2)11-18(15(5)6)20(17(9)10,12-14(3)4)19-16(7)8;1-8-14(12(6)7,9-10(2)3)13-11(4)5/h26-34H,17-25H2,1-16H3;14,23-28H,1,15-22H2,2-13H3;13-18H,11-12H2,1-10H3;8,10-12H,1,9H2,2-7H3. The van der Waals surface area contributed by atoms with Gasteiger partial charge in [0, 0.05) is 68.7 Å². The fraction of sp³-hybridized carbons (Fsp3) is 0.936. The van der Waals surface area contributed by atoms with Gasteiger partial charge in [-0.3, -0.25) is 9.59 Å². The third-order valence-corrected chi connectivity index (χ3v) is 57.2. The highest BCUT2D eigenvalue weighted by atomic mass is 28.4. The molecule has 0 spiro atoms. The molecule has 2 amide bonds. The van der Waals surface area contributed by atoms with Crippen LogP contribution < -0.4 is 0 Å². The van der Waals surface area contributed by atoms with Crippen LogP contribution in [0.1, 0.15) is 343 Å². The van der Waals surface area contributed by atoms with Gasteiger partial charge in [0.2, 0.25) is 20.1 Å². The third kappa shape index (κ3) is 46.2. The summed E-state index contributed by atoms with van der Waals surface area (Å²) in [5.74, 6) is 6.85. The normalized spacial score (nSPS) is 16.5. The van der Waals surface area contributed by atoms with Crippen molar-refractivity contribution in [2.75, 3.05) is 26.2 Å². The van der Waals surface area contributed by atoms with Gasteiger partial charge in [-0.25, -0.2) is 0 Å². The average molecular weight is 1660 g/mol. The average Bonchev–Trinajstić information content (AvgIpc) is 0.791. The van der Waals surface area contributed by atoms with Crippen molar-refractivity contribution in [2.45, 2.75) is 479 Å². The molecule has 0 aliphatic heterocycles. The molecule has 0 aromatic heterocycles. The molecular formula is C94H202N2O8Si6. The zero-order chi connectivity index (χ0) is 87.0. The van der Waals surface area contributed by atoms with Gasteiger partial charge in [-0.2, -0.15) is 0 Å². The molecule has 0 aliphatic rings. The Labute approximate surface area is 698 Å². The van der Waals surface area contributed by atoms with Gasteiger partial charge in [0.25, 0.3) is 0 Å². The van der Waals surface area contributed by atoms with Crippen LogP contribution in [0.4, 0.5) is 0 Å². The molecule has 0 fully saturated rings. The fourth-order valence-corrected chi connectivity index (χ4v) is 47.5. The first-order valence-electron chi connectivity index (χ1n) is 46.2. The van der Waals surface area contributed by atoms with Gasteiger partial charge in [0.05, 0.1) is 0 Å². The first-order valence-corrected chi connectivity index (χ1v) is 60.3. The number of carbonyl (C=O) groups is 2. The molecule has 16 heteroatoms. The summed E-state index contributed by atoms with van der Waals surface area (Å²) in [6.07, 6.45) is 9.57. The summed E-state index contributed by atoms with van der Waals surface area (Å²) < 4.78 is 40.1. The molecule has 0 radical (unpaired) electrons. The number of hydrogen-bond acceptors (Lipinski definition) is 8. The summed E-state index contributed by atoms with van der Waals surface area (Å²) in [6, 6.07) is 11.7. The van der Waals surface area contributed by atoms with Crippen molar-refractivity contribution in [2.24, 2.45) is 65.1 Å². The van der Waals surface area contributed by atoms with Crippen LogP contribution in [0.2, 0.25) is 99.2 Å². The molecular weight excluding hydrogens is 1450 g/mol. The Bertz CT molecular complexity index is 2180.